The van der Waals surface area contributed by atoms with Gasteiger partial charge in [-0.25, -0.2) is 9.59 Å². The van der Waals surface area contributed by atoms with Gasteiger partial charge in [0.2, 0.25) is 0 Å². The van der Waals surface area contributed by atoms with Crippen molar-refractivity contribution < 1.29 is 23.9 Å². The number of hydrogen-bond acceptors (Lipinski definition) is 5. The number of likely N-dealkylation sites (N-methyl/N-ethyl adjacent to an activating group) is 1. The van der Waals surface area contributed by atoms with Crippen molar-refractivity contribution in [3.8, 4) is 5.75 Å². The van der Waals surface area contributed by atoms with Crippen molar-refractivity contribution in [2.45, 2.75) is 19.9 Å². The molecule has 1 aliphatic heterocycles. The molecule has 3 rings (SSSR count). The fourth-order valence-electron chi connectivity index (χ4n) is 3.29. The SMILES string of the molecule is CCOC(=O)C1=C(COc2ccc(C(C)=O)cc2)N(C)C(=O)NC1c1ccc(Cl)cc1Cl. The number of halogens is 2. The third-order valence-electron chi connectivity index (χ3n) is 4.98. The normalized spacial score (nSPS) is 16.0. The van der Waals surface area contributed by atoms with Gasteiger partial charge in [0.05, 0.1) is 23.9 Å². The molecule has 0 aromatic heterocycles. The Balaban J connectivity index is 2.02. The van der Waals surface area contributed by atoms with E-state index in [0.717, 1.165) is 0 Å². The number of nitrogens with one attached hydrogen (secondary N) is 1. The molecule has 0 aliphatic carbocycles. The number of amides is 2. The molecule has 0 fully saturated rings. The van der Waals surface area contributed by atoms with E-state index in [9.17, 15) is 14.4 Å². The zero-order valence-corrected chi connectivity index (χ0v) is 19.3. The number of Topliss-reactive ketones (excluding diaryl/α,β-unsaturated/α-hetero) is 1. The maximum atomic E-state index is 12.9. The summed E-state index contributed by atoms with van der Waals surface area (Å²) < 4.78 is 11.1. The van der Waals surface area contributed by atoms with Crippen LogP contribution in [0.1, 0.15) is 35.8 Å². The van der Waals surface area contributed by atoms with E-state index in [4.69, 9.17) is 32.7 Å². The second-order valence-electron chi connectivity index (χ2n) is 7.06. The molecular formula is C23H22Cl2N2O5. The van der Waals surface area contributed by atoms with Crippen LogP contribution in [-0.2, 0) is 9.53 Å². The Labute approximate surface area is 195 Å². The number of nitrogens with zero attached hydrogens (tertiary/aromatic N) is 1. The third-order valence-corrected chi connectivity index (χ3v) is 5.54. The Kier molecular flexibility index (Phi) is 7.43. The minimum Gasteiger partial charge on any atom is -0.487 e. The van der Waals surface area contributed by atoms with Crippen LogP contribution in [0.5, 0.6) is 5.75 Å². The number of hydrogen-bond donors (Lipinski definition) is 1. The fourth-order valence-corrected chi connectivity index (χ4v) is 3.81. The van der Waals surface area contributed by atoms with E-state index in [1.165, 1.54) is 18.9 Å². The largest absolute Gasteiger partial charge is 0.487 e. The highest BCUT2D eigenvalue weighted by molar-refractivity contribution is 6.35. The van der Waals surface area contributed by atoms with Crippen LogP contribution < -0.4 is 10.1 Å². The maximum Gasteiger partial charge on any atom is 0.338 e. The molecule has 1 N–H and O–H groups in total. The van der Waals surface area contributed by atoms with Crippen molar-refractivity contribution in [1.82, 2.24) is 10.2 Å². The van der Waals surface area contributed by atoms with Crippen LogP contribution >= 0.6 is 23.2 Å². The molecule has 1 unspecified atom stereocenters. The number of benzene rings is 2. The summed E-state index contributed by atoms with van der Waals surface area (Å²) in [5.41, 5.74) is 1.59. The zero-order valence-electron chi connectivity index (χ0n) is 17.8. The first kappa shape index (κ1) is 23.6. The number of esters is 1. The summed E-state index contributed by atoms with van der Waals surface area (Å²) >= 11 is 12.4. The van der Waals surface area contributed by atoms with Gasteiger partial charge in [0.25, 0.3) is 0 Å². The van der Waals surface area contributed by atoms with Crippen LogP contribution in [0, 0.1) is 0 Å². The minimum absolute atomic E-state index is 0.0600. The molecule has 1 heterocycles. The lowest BCUT2D eigenvalue weighted by Crippen LogP contribution is -2.48. The smallest absolute Gasteiger partial charge is 0.338 e. The van der Waals surface area contributed by atoms with E-state index in [0.29, 0.717) is 32.6 Å². The Bertz CT molecular complexity index is 1080. The fraction of sp³-hybridized carbons (Fsp3) is 0.261. The summed E-state index contributed by atoms with van der Waals surface area (Å²) in [6, 6.07) is 10.1. The van der Waals surface area contributed by atoms with Crippen LogP contribution in [0.15, 0.2) is 53.7 Å². The Morgan fingerprint density at radius 3 is 2.41 bits per heavy atom. The van der Waals surface area contributed by atoms with Crippen molar-refractivity contribution in [2.75, 3.05) is 20.3 Å². The van der Waals surface area contributed by atoms with E-state index in [1.54, 1.807) is 49.4 Å². The third kappa shape index (κ3) is 5.06. The van der Waals surface area contributed by atoms with Gasteiger partial charge in [0.1, 0.15) is 12.4 Å². The molecule has 0 radical (unpaired) electrons. The molecule has 168 valence electrons. The van der Waals surface area contributed by atoms with Gasteiger partial charge in [-0.3, -0.25) is 9.69 Å². The van der Waals surface area contributed by atoms with Crippen LogP contribution in [0.25, 0.3) is 0 Å². The maximum absolute atomic E-state index is 12.9. The molecule has 0 spiro atoms. The number of ketones is 1. The Hall–Kier alpha value is -3.03. The molecule has 0 saturated heterocycles. The van der Waals surface area contributed by atoms with Crippen LogP contribution in [0.3, 0.4) is 0 Å². The second kappa shape index (κ2) is 10.1. The average Bonchev–Trinajstić information content (AvgIpc) is 2.75. The van der Waals surface area contributed by atoms with Crippen molar-refractivity contribution in [2.24, 2.45) is 0 Å². The molecule has 9 heteroatoms. The van der Waals surface area contributed by atoms with Crippen molar-refractivity contribution in [3.05, 3.63) is 74.9 Å². The summed E-state index contributed by atoms with van der Waals surface area (Å²) in [6.07, 6.45) is 0. The van der Waals surface area contributed by atoms with Crippen molar-refractivity contribution in [3.63, 3.8) is 0 Å². The average molecular weight is 477 g/mol. The lowest BCUT2D eigenvalue weighted by atomic mass is 9.94. The van der Waals surface area contributed by atoms with Gasteiger partial charge in [-0.15, -0.1) is 0 Å². The Morgan fingerprint density at radius 1 is 1.12 bits per heavy atom. The molecule has 0 saturated carbocycles. The topological polar surface area (TPSA) is 84.9 Å². The number of carbonyl (C=O) groups excluding carboxylic acids is 3. The summed E-state index contributed by atoms with van der Waals surface area (Å²) in [6.45, 7) is 3.24. The lowest BCUT2D eigenvalue weighted by Gasteiger charge is -2.34. The van der Waals surface area contributed by atoms with E-state index in [-0.39, 0.29) is 24.6 Å². The van der Waals surface area contributed by atoms with Crippen molar-refractivity contribution >= 4 is 41.0 Å². The first-order valence-electron chi connectivity index (χ1n) is 9.86. The van der Waals surface area contributed by atoms with E-state index < -0.39 is 18.0 Å². The first-order valence-corrected chi connectivity index (χ1v) is 10.6. The molecule has 2 aromatic carbocycles. The highest BCUT2D eigenvalue weighted by atomic mass is 35.5. The molecular weight excluding hydrogens is 455 g/mol. The van der Waals surface area contributed by atoms with E-state index >= 15 is 0 Å². The first-order chi connectivity index (χ1) is 15.2. The highest BCUT2D eigenvalue weighted by Crippen LogP contribution is 2.35. The van der Waals surface area contributed by atoms with Crippen LogP contribution in [0.4, 0.5) is 4.79 Å². The Morgan fingerprint density at radius 2 is 1.81 bits per heavy atom. The highest BCUT2D eigenvalue weighted by Gasteiger charge is 2.38. The number of rotatable bonds is 7. The summed E-state index contributed by atoms with van der Waals surface area (Å²) in [5.74, 6) is -0.178. The molecule has 32 heavy (non-hydrogen) atoms. The van der Waals surface area contributed by atoms with Gasteiger partial charge in [-0.05, 0) is 55.8 Å². The molecule has 1 atom stereocenters. The lowest BCUT2D eigenvalue weighted by molar-refractivity contribution is -0.139. The van der Waals surface area contributed by atoms with Crippen molar-refractivity contribution in [1.29, 1.82) is 0 Å². The molecule has 7 nitrogen and oxygen atoms in total. The second-order valence-corrected chi connectivity index (χ2v) is 7.90. The number of ether oxygens (including phenoxy) is 2. The van der Waals surface area contributed by atoms with Gasteiger partial charge in [-0.2, -0.15) is 0 Å². The predicted molar refractivity (Wildman–Crippen MR) is 121 cm³/mol. The molecule has 2 amide bonds. The van der Waals surface area contributed by atoms with Gasteiger partial charge < -0.3 is 14.8 Å². The molecule has 1 aliphatic rings. The monoisotopic (exact) mass is 476 g/mol. The zero-order chi connectivity index (χ0) is 23.4. The van der Waals surface area contributed by atoms with Crippen LogP contribution in [0.2, 0.25) is 10.0 Å². The van der Waals surface area contributed by atoms with Gasteiger partial charge in [0.15, 0.2) is 5.78 Å². The van der Waals surface area contributed by atoms with E-state index in [2.05, 4.69) is 5.32 Å². The summed E-state index contributed by atoms with van der Waals surface area (Å²) in [5, 5.41) is 3.52. The van der Waals surface area contributed by atoms with E-state index in [1.807, 2.05) is 0 Å². The molecule has 2 aromatic rings. The summed E-state index contributed by atoms with van der Waals surface area (Å²) in [7, 11) is 1.53. The quantitative estimate of drug-likeness (QED) is 0.458. The van der Waals surface area contributed by atoms with Crippen LogP contribution in [-0.4, -0.2) is 42.9 Å². The number of urea groups is 1. The summed E-state index contributed by atoms with van der Waals surface area (Å²) in [4.78, 5) is 38.4. The van der Waals surface area contributed by atoms with Gasteiger partial charge >= 0.3 is 12.0 Å². The number of carbonyl (C=O) groups is 3. The predicted octanol–water partition coefficient (Wildman–Crippen LogP) is 4.79. The van der Waals surface area contributed by atoms with Gasteiger partial charge in [0, 0.05) is 22.7 Å². The minimum atomic E-state index is -0.846. The standard InChI is InChI=1S/C23H22Cl2N2O5/c1-4-31-22(29)20-19(12-32-16-8-5-14(6-9-16)13(2)28)27(3)23(30)26-21(20)17-10-7-15(24)11-18(17)25/h5-11,21H,4,12H2,1-3H3,(H,26,30). The molecule has 0 bridgehead atoms. The van der Waals surface area contributed by atoms with Gasteiger partial charge in [-0.1, -0.05) is 29.3 Å².